The number of rotatable bonds is 4. The summed E-state index contributed by atoms with van der Waals surface area (Å²) in [7, 11) is -0.775. The monoisotopic (exact) mass is 199 g/mol. The molecule has 0 saturated heterocycles. The van der Waals surface area contributed by atoms with Crippen LogP contribution in [0.5, 0.6) is 0 Å². The molecule has 1 aromatic heterocycles. The van der Waals surface area contributed by atoms with Gasteiger partial charge in [0.25, 0.3) is 0 Å². The highest BCUT2D eigenvalue weighted by atomic mass is 32.2. The Bertz CT molecular complexity index is 278. The van der Waals surface area contributed by atoms with E-state index in [4.69, 9.17) is 0 Å². The third-order valence-corrected chi connectivity index (χ3v) is 2.43. The highest BCUT2D eigenvalue weighted by Gasteiger charge is 2.03. The number of anilines is 1. The number of hydrogen-bond donors (Lipinski definition) is 1. The van der Waals surface area contributed by atoms with Gasteiger partial charge in [0.15, 0.2) is 0 Å². The van der Waals surface area contributed by atoms with Crippen molar-refractivity contribution in [1.29, 1.82) is 0 Å². The fraction of sp³-hybridized carbons (Fsp3) is 0.500. The van der Waals surface area contributed by atoms with E-state index in [2.05, 4.69) is 15.3 Å². The number of nitrogens with one attached hydrogen (secondary N) is 1. The van der Waals surface area contributed by atoms with Crippen LogP contribution in [0.2, 0.25) is 0 Å². The summed E-state index contributed by atoms with van der Waals surface area (Å²) in [6.07, 6.45) is 4.85. The first kappa shape index (κ1) is 10.1. The molecule has 2 atom stereocenters. The summed E-state index contributed by atoms with van der Waals surface area (Å²) >= 11 is 0. The van der Waals surface area contributed by atoms with E-state index >= 15 is 0 Å². The Morgan fingerprint density at radius 3 is 3.00 bits per heavy atom. The Morgan fingerprint density at radius 2 is 2.46 bits per heavy atom. The maximum absolute atomic E-state index is 10.9. The van der Waals surface area contributed by atoms with E-state index in [1.165, 1.54) is 6.33 Å². The van der Waals surface area contributed by atoms with Crippen molar-refractivity contribution in [2.45, 2.75) is 13.0 Å². The van der Waals surface area contributed by atoms with Gasteiger partial charge < -0.3 is 5.32 Å². The molecule has 0 spiro atoms. The second-order valence-corrected chi connectivity index (χ2v) is 4.36. The Hall–Kier alpha value is -0.970. The first-order valence-electron chi connectivity index (χ1n) is 4.01. The van der Waals surface area contributed by atoms with E-state index < -0.39 is 10.8 Å². The zero-order valence-corrected chi connectivity index (χ0v) is 8.54. The Balaban J connectivity index is 2.45. The normalized spacial score (nSPS) is 14.9. The molecule has 13 heavy (non-hydrogen) atoms. The van der Waals surface area contributed by atoms with Crippen molar-refractivity contribution in [3.63, 3.8) is 0 Å². The summed E-state index contributed by atoms with van der Waals surface area (Å²) in [5.74, 6) is 1.40. The molecule has 1 N–H and O–H groups in total. The average molecular weight is 199 g/mol. The van der Waals surface area contributed by atoms with Crippen LogP contribution < -0.4 is 5.32 Å². The minimum absolute atomic E-state index is 0.167. The van der Waals surface area contributed by atoms with Crippen molar-refractivity contribution in [2.75, 3.05) is 17.3 Å². The molecule has 0 radical (unpaired) electrons. The molecule has 5 heteroatoms. The van der Waals surface area contributed by atoms with Crippen molar-refractivity contribution < 1.29 is 4.21 Å². The predicted octanol–water partition coefficient (Wildman–Crippen LogP) is 0.655. The zero-order chi connectivity index (χ0) is 9.68. The molecule has 0 fully saturated rings. The fourth-order valence-corrected chi connectivity index (χ4v) is 1.81. The van der Waals surface area contributed by atoms with E-state index in [1.807, 2.05) is 6.92 Å². The SMILES string of the molecule is CC(CS(C)=O)Nc1ccncn1. The lowest BCUT2D eigenvalue weighted by molar-refractivity contribution is 0.683. The predicted molar refractivity (Wildman–Crippen MR) is 54.1 cm³/mol. The highest BCUT2D eigenvalue weighted by molar-refractivity contribution is 7.84. The van der Waals surface area contributed by atoms with Crippen molar-refractivity contribution in [1.82, 2.24) is 9.97 Å². The van der Waals surface area contributed by atoms with Gasteiger partial charge in [0.2, 0.25) is 0 Å². The molecule has 0 bridgehead atoms. The van der Waals surface area contributed by atoms with Crippen molar-refractivity contribution >= 4 is 16.6 Å². The van der Waals surface area contributed by atoms with E-state index in [9.17, 15) is 4.21 Å². The molecule has 1 aromatic rings. The molecule has 0 aromatic carbocycles. The van der Waals surface area contributed by atoms with Crippen LogP contribution in [0.15, 0.2) is 18.6 Å². The van der Waals surface area contributed by atoms with Gasteiger partial charge in [-0.1, -0.05) is 0 Å². The lowest BCUT2D eigenvalue weighted by Crippen LogP contribution is -2.22. The molecular formula is C8H13N3OS. The third kappa shape index (κ3) is 3.98. The molecular weight excluding hydrogens is 186 g/mol. The van der Waals surface area contributed by atoms with Crippen LogP contribution in [0.3, 0.4) is 0 Å². The quantitative estimate of drug-likeness (QED) is 0.773. The number of nitrogens with zero attached hydrogens (tertiary/aromatic N) is 2. The summed E-state index contributed by atoms with van der Waals surface area (Å²) in [6.45, 7) is 1.98. The highest BCUT2D eigenvalue weighted by Crippen LogP contribution is 2.01. The minimum atomic E-state index is -0.775. The molecule has 4 nitrogen and oxygen atoms in total. The van der Waals surface area contributed by atoms with Crippen LogP contribution in [-0.4, -0.2) is 32.2 Å². The maximum atomic E-state index is 10.9. The molecule has 0 saturated carbocycles. The van der Waals surface area contributed by atoms with Gasteiger partial charge in [-0.2, -0.15) is 0 Å². The number of hydrogen-bond acceptors (Lipinski definition) is 4. The summed E-state index contributed by atoms with van der Waals surface area (Å²) in [5.41, 5.74) is 0. The van der Waals surface area contributed by atoms with Gasteiger partial charge in [0.05, 0.1) is 0 Å². The lowest BCUT2D eigenvalue weighted by Gasteiger charge is -2.11. The largest absolute Gasteiger partial charge is 0.367 e. The topological polar surface area (TPSA) is 54.9 Å². The van der Waals surface area contributed by atoms with Gasteiger partial charge in [-0.3, -0.25) is 4.21 Å². The van der Waals surface area contributed by atoms with E-state index in [0.29, 0.717) is 5.75 Å². The Kier molecular flexibility index (Phi) is 3.82. The van der Waals surface area contributed by atoms with Crippen LogP contribution in [0.1, 0.15) is 6.92 Å². The summed E-state index contributed by atoms with van der Waals surface area (Å²) in [4.78, 5) is 7.81. The molecule has 0 aliphatic rings. The van der Waals surface area contributed by atoms with Crippen molar-refractivity contribution in [3.8, 4) is 0 Å². The molecule has 2 unspecified atom stereocenters. The van der Waals surface area contributed by atoms with E-state index in [-0.39, 0.29) is 6.04 Å². The van der Waals surface area contributed by atoms with Gasteiger partial charge in [-0.25, -0.2) is 9.97 Å². The molecule has 1 heterocycles. The van der Waals surface area contributed by atoms with Crippen LogP contribution in [-0.2, 0) is 10.8 Å². The van der Waals surface area contributed by atoms with Crippen LogP contribution >= 0.6 is 0 Å². The second-order valence-electron chi connectivity index (χ2n) is 2.88. The smallest absolute Gasteiger partial charge is 0.129 e. The van der Waals surface area contributed by atoms with Gasteiger partial charge in [0.1, 0.15) is 12.1 Å². The fourth-order valence-electron chi connectivity index (χ4n) is 1.02. The molecule has 0 aliphatic heterocycles. The van der Waals surface area contributed by atoms with E-state index in [0.717, 1.165) is 5.82 Å². The molecule has 0 aliphatic carbocycles. The first-order valence-corrected chi connectivity index (χ1v) is 5.74. The van der Waals surface area contributed by atoms with Gasteiger partial charge in [-0.15, -0.1) is 0 Å². The summed E-state index contributed by atoms with van der Waals surface area (Å²) < 4.78 is 10.9. The first-order chi connectivity index (χ1) is 6.18. The van der Waals surface area contributed by atoms with Crippen LogP contribution in [0, 0.1) is 0 Å². The minimum Gasteiger partial charge on any atom is -0.367 e. The molecule has 72 valence electrons. The Labute approximate surface area is 80.3 Å². The van der Waals surface area contributed by atoms with Crippen LogP contribution in [0.4, 0.5) is 5.82 Å². The molecule has 1 rings (SSSR count). The maximum Gasteiger partial charge on any atom is 0.129 e. The Morgan fingerprint density at radius 1 is 1.69 bits per heavy atom. The van der Waals surface area contributed by atoms with Gasteiger partial charge in [-0.05, 0) is 13.0 Å². The van der Waals surface area contributed by atoms with Crippen molar-refractivity contribution in [2.24, 2.45) is 0 Å². The van der Waals surface area contributed by atoms with Gasteiger partial charge >= 0.3 is 0 Å². The molecule has 0 amide bonds. The zero-order valence-electron chi connectivity index (χ0n) is 7.73. The van der Waals surface area contributed by atoms with E-state index in [1.54, 1.807) is 18.5 Å². The lowest BCUT2D eigenvalue weighted by atomic mass is 10.4. The van der Waals surface area contributed by atoms with Crippen molar-refractivity contribution in [3.05, 3.63) is 18.6 Å². The summed E-state index contributed by atoms with van der Waals surface area (Å²) in [6, 6.07) is 1.95. The average Bonchev–Trinajstić information content (AvgIpc) is 2.04. The standard InChI is InChI=1S/C8H13N3OS/c1-7(5-13(2)12)11-8-3-4-9-6-10-8/h3-4,6-7H,5H2,1-2H3,(H,9,10,11). The summed E-state index contributed by atoms with van der Waals surface area (Å²) in [5, 5.41) is 3.13. The second kappa shape index (κ2) is 4.91. The van der Waals surface area contributed by atoms with Crippen LogP contribution in [0.25, 0.3) is 0 Å². The van der Waals surface area contributed by atoms with Gasteiger partial charge in [0, 0.05) is 35.0 Å². The number of aromatic nitrogens is 2. The third-order valence-electron chi connectivity index (χ3n) is 1.46.